The molecule has 4 amide bonds. The number of hydrogen-bond donors (Lipinski definition) is 3. The highest BCUT2D eigenvalue weighted by Gasteiger charge is 2.50. The summed E-state index contributed by atoms with van der Waals surface area (Å²) in [6, 6.07) is -1.73. The van der Waals surface area contributed by atoms with Crippen LogP contribution in [0.1, 0.15) is 59.8 Å². The number of nitriles is 1. The average molecular weight is 540 g/mol. The van der Waals surface area contributed by atoms with Gasteiger partial charge in [0.05, 0.1) is 6.07 Å². The Morgan fingerprint density at radius 1 is 1.16 bits per heavy atom. The molecule has 3 heterocycles. The largest absolute Gasteiger partial charge is 0.471 e. The molecule has 3 N–H and O–H groups in total. The first-order chi connectivity index (χ1) is 17.7. The van der Waals surface area contributed by atoms with Gasteiger partial charge in [0.25, 0.3) is 0 Å². The maximum atomic E-state index is 13.8. The van der Waals surface area contributed by atoms with Crippen LogP contribution in [0.5, 0.6) is 0 Å². The molecule has 0 aliphatic carbocycles. The Hall–Kier alpha value is -3.10. The third-order valence-electron chi connectivity index (χ3n) is 7.92. The standard InChI is InChI=1S/C26H36F3N5O4/c1-14(2)18-8-10-34-19(18)22(36)32-17(13-30)12-15-11-16(31-21(15)35)7-5-6-9-25(3,4)20(23(34)37)33-24(38)26(27,28)29/h5-6,14-20H,7-12H2,1-4H3,(H,31,35)(H,32,36)(H,33,38)/b6-5+/t15-,16+,17-,18+,19-,20+/m0/s1. The molecular weight excluding hydrogens is 503 g/mol. The lowest BCUT2D eigenvalue weighted by molar-refractivity contribution is -0.176. The number of amides is 4. The van der Waals surface area contributed by atoms with E-state index in [1.54, 1.807) is 26.0 Å². The summed E-state index contributed by atoms with van der Waals surface area (Å²) in [5, 5.41) is 17.2. The summed E-state index contributed by atoms with van der Waals surface area (Å²) >= 11 is 0. The molecule has 0 unspecified atom stereocenters. The Bertz CT molecular complexity index is 1020. The number of hydrogen-bond acceptors (Lipinski definition) is 5. The van der Waals surface area contributed by atoms with Crippen molar-refractivity contribution >= 4 is 23.6 Å². The minimum atomic E-state index is -5.19. The second-order valence-corrected chi connectivity index (χ2v) is 11.5. The Labute approximate surface area is 220 Å². The van der Waals surface area contributed by atoms with Gasteiger partial charge in [0.15, 0.2) is 0 Å². The van der Waals surface area contributed by atoms with E-state index in [9.17, 15) is 37.6 Å². The van der Waals surface area contributed by atoms with Crippen LogP contribution in [-0.2, 0) is 19.2 Å². The summed E-state index contributed by atoms with van der Waals surface area (Å²) < 4.78 is 39.7. The molecule has 3 aliphatic heterocycles. The molecule has 2 saturated heterocycles. The third kappa shape index (κ3) is 6.48. The van der Waals surface area contributed by atoms with Gasteiger partial charge in [0, 0.05) is 18.5 Å². The third-order valence-corrected chi connectivity index (χ3v) is 7.92. The van der Waals surface area contributed by atoms with Gasteiger partial charge in [-0.1, -0.05) is 39.8 Å². The van der Waals surface area contributed by atoms with Crippen molar-refractivity contribution in [2.24, 2.45) is 23.2 Å². The molecule has 0 radical (unpaired) electrons. The van der Waals surface area contributed by atoms with E-state index >= 15 is 0 Å². The predicted octanol–water partition coefficient (Wildman–Crippen LogP) is 2.19. The first-order valence-corrected chi connectivity index (χ1v) is 13.0. The lowest BCUT2D eigenvalue weighted by Gasteiger charge is -2.38. The number of carbonyl (C=O) groups excluding carboxylic acids is 4. The van der Waals surface area contributed by atoms with E-state index in [2.05, 4.69) is 10.6 Å². The van der Waals surface area contributed by atoms with Gasteiger partial charge in [-0.15, -0.1) is 0 Å². The van der Waals surface area contributed by atoms with Gasteiger partial charge in [-0.2, -0.15) is 18.4 Å². The van der Waals surface area contributed by atoms with Crippen molar-refractivity contribution in [1.82, 2.24) is 20.9 Å². The second kappa shape index (κ2) is 11.3. The van der Waals surface area contributed by atoms with Crippen LogP contribution in [-0.4, -0.2) is 65.4 Å². The summed E-state index contributed by atoms with van der Waals surface area (Å²) in [6.07, 6.45) is -0.0153. The minimum absolute atomic E-state index is 0.0461. The molecule has 0 aromatic carbocycles. The molecular formula is C26H36F3N5O4. The normalized spacial score (nSPS) is 33.2. The van der Waals surface area contributed by atoms with Crippen molar-refractivity contribution in [3.05, 3.63) is 12.2 Å². The van der Waals surface area contributed by atoms with E-state index in [4.69, 9.17) is 0 Å². The number of carbonyl (C=O) groups is 4. The number of fused-ring (bicyclic) bond motifs is 3. The quantitative estimate of drug-likeness (QED) is 0.463. The Kier molecular flexibility index (Phi) is 8.79. The van der Waals surface area contributed by atoms with Crippen LogP contribution in [0, 0.1) is 34.5 Å². The van der Waals surface area contributed by atoms with Gasteiger partial charge in [-0.25, -0.2) is 0 Å². The second-order valence-electron chi connectivity index (χ2n) is 11.5. The van der Waals surface area contributed by atoms with Gasteiger partial charge in [-0.3, -0.25) is 19.2 Å². The molecule has 12 heteroatoms. The fourth-order valence-corrected chi connectivity index (χ4v) is 5.71. The number of halogens is 3. The lowest BCUT2D eigenvalue weighted by atomic mass is 9.79. The summed E-state index contributed by atoms with van der Waals surface area (Å²) in [5.74, 6) is -4.61. The summed E-state index contributed by atoms with van der Waals surface area (Å²) in [6.45, 7) is 7.06. The van der Waals surface area contributed by atoms with Crippen LogP contribution < -0.4 is 16.0 Å². The SMILES string of the molecule is CC(C)[C@H]1CCN2C(=O)[C@@H](NC(=O)C(F)(F)F)C(C)(C)C/C=C/C[C@@H]3C[C@@H](C[C@@H](C#N)NC(=O)[C@H]12)C(=O)N3. The van der Waals surface area contributed by atoms with Crippen molar-refractivity contribution < 1.29 is 32.3 Å². The van der Waals surface area contributed by atoms with E-state index in [0.29, 0.717) is 19.3 Å². The van der Waals surface area contributed by atoms with Crippen molar-refractivity contribution in [1.29, 1.82) is 5.26 Å². The van der Waals surface area contributed by atoms with E-state index in [1.807, 2.05) is 25.2 Å². The fraction of sp³-hybridized carbons (Fsp3) is 0.731. The lowest BCUT2D eigenvalue weighted by Crippen LogP contribution is -2.61. The molecule has 3 rings (SSSR count). The molecule has 3 aliphatic rings. The first-order valence-electron chi connectivity index (χ1n) is 13.0. The van der Waals surface area contributed by atoms with E-state index in [0.717, 1.165) is 0 Å². The smallest absolute Gasteiger partial charge is 0.353 e. The molecule has 2 bridgehead atoms. The van der Waals surface area contributed by atoms with Gasteiger partial charge >= 0.3 is 12.1 Å². The van der Waals surface area contributed by atoms with E-state index < -0.39 is 53.4 Å². The Morgan fingerprint density at radius 2 is 1.84 bits per heavy atom. The van der Waals surface area contributed by atoms with Crippen molar-refractivity contribution in [2.75, 3.05) is 6.54 Å². The number of rotatable bonds is 2. The molecule has 210 valence electrons. The first kappa shape index (κ1) is 29.5. The zero-order valence-corrected chi connectivity index (χ0v) is 22.1. The molecule has 2 fully saturated rings. The zero-order chi connectivity index (χ0) is 28.4. The van der Waals surface area contributed by atoms with Crippen molar-refractivity contribution in [3.63, 3.8) is 0 Å². The molecule has 0 aromatic heterocycles. The number of alkyl halides is 3. The maximum absolute atomic E-state index is 13.8. The van der Waals surface area contributed by atoms with Crippen molar-refractivity contribution in [3.8, 4) is 6.07 Å². The predicted molar refractivity (Wildman–Crippen MR) is 131 cm³/mol. The fourth-order valence-electron chi connectivity index (χ4n) is 5.71. The van der Waals surface area contributed by atoms with Crippen molar-refractivity contribution in [2.45, 2.75) is 90.1 Å². The minimum Gasteiger partial charge on any atom is -0.353 e. The van der Waals surface area contributed by atoms with Gasteiger partial charge in [0.1, 0.15) is 18.1 Å². The molecule has 38 heavy (non-hydrogen) atoms. The van der Waals surface area contributed by atoms with Crippen LogP contribution in [0.25, 0.3) is 0 Å². The zero-order valence-electron chi connectivity index (χ0n) is 22.1. The van der Waals surface area contributed by atoms with Crippen LogP contribution in [0.2, 0.25) is 0 Å². The summed E-state index contributed by atoms with van der Waals surface area (Å²) in [4.78, 5) is 53.1. The molecule has 0 saturated carbocycles. The Morgan fingerprint density at radius 3 is 2.45 bits per heavy atom. The van der Waals surface area contributed by atoms with Gasteiger partial charge < -0.3 is 20.9 Å². The monoisotopic (exact) mass is 539 g/mol. The molecule has 6 atom stereocenters. The molecule has 0 spiro atoms. The van der Waals surface area contributed by atoms with Crippen LogP contribution in [0.3, 0.4) is 0 Å². The van der Waals surface area contributed by atoms with Gasteiger partial charge in [0.2, 0.25) is 17.7 Å². The van der Waals surface area contributed by atoms with Gasteiger partial charge in [-0.05, 0) is 49.4 Å². The molecule has 9 nitrogen and oxygen atoms in total. The van der Waals surface area contributed by atoms with E-state index in [1.165, 1.54) is 4.90 Å². The topological polar surface area (TPSA) is 131 Å². The maximum Gasteiger partial charge on any atom is 0.471 e. The van der Waals surface area contributed by atoms with Crippen LogP contribution in [0.15, 0.2) is 12.2 Å². The highest BCUT2D eigenvalue weighted by molar-refractivity contribution is 5.94. The number of allylic oxidation sites excluding steroid dienone is 1. The highest BCUT2D eigenvalue weighted by Crippen LogP contribution is 2.35. The number of nitrogens with one attached hydrogen (secondary N) is 3. The molecule has 0 aromatic rings. The van der Waals surface area contributed by atoms with Crippen LogP contribution >= 0.6 is 0 Å². The van der Waals surface area contributed by atoms with E-state index in [-0.39, 0.29) is 43.2 Å². The summed E-state index contributed by atoms with van der Waals surface area (Å²) in [5.41, 5.74) is -1.14. The van der Waals surface area contributed by atoms with Crippen LogP contribution in [0.4, 0.5) is 13.2 Å². The average Bonchev–Trinajstić information content (AvgIpc) is 3.41. The summed E-state index contributed by atoms with van der Waals surface area (Å²) in [7, 11) is 0. The Balaban J connectivity index is 2.03. The number of nitrogens with zero attached hydrogens (tertiary/aromatic N) is 2. The highest BCUT2D eigenvalue weighted by atomic mass is 19.4.